The third kappa shape index (κ3) is 4.32. The highest BCUT2D eigenvalue weighted by atomic mass is 32.1. The van der Waals surface area contributed by atoms with Gasteiger partial charge in [0.05, 0.1) is 11.6 Å². The zero-order valence-corrected chi connectivity index (χ0v) is 17.7. The number of pyridine rings is 1. The van der Waals surface area contributed by atoms with Crippen molar-refractivity contribution in [3.63, 3.8) is 0 Å². The quantitative estimate of drug-likeness (QED) is 0.731. The Labute approximate surface area is 178 Å². The highest BCUT2D eigenvalue weighted by molar-refractivity contribution is 7.10. The van der Waals surface area contributed by atoms with E-state index < -0.39 is 11.7 Å². The first-order valence-corrected chi connectivity index (χ1v) is 11.1. The lowest BCUT2D eigenvalue weighted by Gasteiger charge is -2.41. The number of halogens is 3. The summed E-state index contributed by atoms with van der Waals surface area (Å²) in [6, 6.07) is 4.44. The number of fused-ring (bicyclic) bond motifs is 1. The van der Waals surface area contributed by atoms with E-state index in [0.717, 1.165) is 31.6 Å². The Bertz CT molecular complexity index is 875. The number of thiophene rings is 1. The molecule has 9 heteroatoms. The van der Waals surface area contributed by atoms with Gasteiger partial charge >= 0.3 is 6.18 Å². The fourth-order valence-corrected chi connectivity index (χ4v) is 5.13. The van der Waals surface area contributed by atoms with E-state index in [0.29, 0.717) is 38.5 Å². The smallest absolute Gasteiger partial charge is 0.354 e. The van der Waals surface area contributed by atoms with Crippen LogP contribution in [0.4, 0.5) is 19.0 Å². The van der Waals surface area contributed by atoms with E-state index in [4.69, 9.17) is 0 Å². The topological polar surface area (TPSA) is 39.7 Å². The molecular weight excluding hydrogens is 413 g/mol. The number of aromatic nitrogens is 1. The van der Waals surface area contributed by atoms with Crippen molar-refractivity contribution in [2.45, 2.75) is 38.5 Å². The summed E-state index contributed by atoms with van der Waals surface area (Å²) in [5.41, 5.74) is 0.518. The van der Waals surface area contributed by atoms with Crippen molar-refractivity contribution in [1.29, 1.82) is 0 Å². The second-order valence-corrected chi connectivity index (χ2v) is 8.73. The van der Waals surface area contributed by atoms with Crippen molar-refractivity contribution in [1.82, 2.24) is 14.8 Å². The minimum Gasteiger partial charge on any atom is -0.354 e. The van der Waals surface area contributed by atoms with E-state index >= 15 is 0 Å². The number of rotatable bonds is 4. The summed E-state index contributed by atoms with van der Waals surface area (Å²) in [4.78, 5) is 24.7. The molecule has 2 aromatic rings. The molecule has 1 saturated heterocycles. The Morgan fingerprint density at radius 2 is 1.93 bits per heavy atom. The maximum atomic E-state index is 13.2. The van der Waals surface area contributed by atoms with Crippen LogP contribution in [0.1, 0.15) is 29.3 Å². The largest absolute Gasteiger partial charge is 0.417 e. The van der Waals surface area contributed by atoms with Crippen LogP contribution in [-0.2, 0) is 23.9 Å². The Balaban J connectivity index is 1.36. The predicted octanol–water partition coefficient (Wildman–Crippen LogP) is 3.65. The fourth-order valence-electron chi connectivity index (χ4n) is 4.24. The van der Waals surface area contributed by atoms with Gasteiger partial charge in [0.1, 0.15) is 5.82 Å². The van der Waals surface area contributed by atoms with E-state index in [1.807, 2.05) is 16.7 Å². The molecule has 1 amide bonds. The molecule has 0 saturated carbocycles. The van der Waals surface area contributed by atoms with E-state index in [2.05, 4.69) is 21.3 Å². The zero-order valence-electron chi connectivity index (χ0n) is 16.9. The first-order chi connectivity index (χ1) is 14.4. The van der Waals surface area contributed by atoms with Crippen LogP contribution < -0.4 is 4.90 Å². The van der Waals surface area contributed by atoms with E-state index in [9.17, 15) is 18.0 Å². The Morgan fingerprint density at radius 1 is 1.17 bits per heavy atom. The molecule has 0 spiro atoms. The first-order valence-electron chi connectivity index (χ1n) is 10.2. The average molecular weight is 439 g/mol. The van der Waals surface area contributed by atoms with Gasteiger partial charge in [-0.05, 0) is 42.0 Å². The maximum Gasteiger partial charge on any atom is 0.417 e. The van der Waals surface area contributed by atoms with Crippen LogP contribution in [0.15, 0.2) is 29.8 Å². The summed E-state index contributed by atoms with van der Waals surface area (Å²) in [5, 5.41) is 2.09. The zero-order chi connectivity index (χ0) is 21.3. The molecule has 2 aliphatic rings. The molecule has 1 fully saturated rings. The van der Waals surface area contributed by atoms with E-state index in [1.165, 1.54) is 16.5 Å². The summed E-state index contributed by atoms with van der Waals surface area (Å²) >= 11 is 1.76. The maximum absolute atomic E-state index is 13.2. The lowest BCUT2D eigenvalue weighted by Crippen LogP contribution is -2.56. The summed E-state index contributed by atoms with van der Waals surface area (Å²) < 4.78 is 38.2. The molecule has 0 radical (unpaired) electrons. The second kappa shape index (κ2) is 8.55. The number of amides is 1. The number of alkyl halides is 3. The van der Waals surface area contributed by atoms with Gasteiger partial charge in [0.2, 0.25) is 5.91 Å². The molecule has 1 unspecified atom stereocenters. The molecule has 2 aliphatic heterocycles. The van der Waals surface area contributed by atoms with Gasteiger partial charge in [-0.2, -0.15) is 13.2 Å². The molecule has 4 heterocycles. The van der Waals surface area contributed by atoms with Gasteiger partial charge in [-0.3, -0.25) is 9.69 Å². The Morgan fingerprint density at radius 3 is 2.57 bits per heavy atom. The van der Waals surface area contributed by atoms with Crippen molar-refractivity contribution in [3.8, 4) is 0 Å². The normalized spacial score (nSPS) is 18.9. The highest BCUT2D eigenvalue weighted by Crippen LogP contribution is 2.30. The van der Waals surface area contributed by atoms with Crippen molar-refractivity contribution in [2.24, 2.45) is 0 Å². The third-order valence-corrected chi connectivity index (χ3v) is 6.97. The molecule has 5 nitrogen and oxygen atoms in total. The number of piperazine rings is 1. The minimum absolute atomic E-state index is 0.159. The summed E-state index contributed by atoms with van der Waals surface area (Å²) in [7, 11) is 0. The first kappa shape index (κ1) is 21.1. The van der Waals surface area contributed by atoms with E-state index in [1.54, 1.807) is 11.3 Å². The highest BCUT2D eigenvalue weighted by Gasteiger charge is 2.33. The van der Waals surface area contributed by atoms with Crippen LogP contribution in [0.2, 0.25) is 0 Å². The minimum atomic E-state index is -4.38. The average Bonchev–Trinajstić information content (AvgIpc) is 3.22. The summed E-state index contributed by atoms with van der Waals surface area (Å²) in [6.45, 7) is 6.12. The number of hydrogen-bond donors (Lipinski definition) is 0. The van der Waals surface area contributed by atoms with Gasteiger partial charge in [0.15, 0.2) is 0 Å². The lowest BCUT2D eigenvalue weighted by molar-refractivity contribution is -0.138. The fraction of sp³-hybridized carbons (Fsp3) is 0.524. The van der Waals surface area contributed by atoms with Crippen LogP contribution >= 0.6 is 11.3 Å². The van der Waals surface area contributed by atoms with Crippen molar-refractivity contribution >= 4 is 23.1 Å². The van der Waals surface area contributed by atoms with Crippen LogP contribution in [0, 0.1) is 0 Å². The number of carbonyl (C=O) groups excluding carboxylic acids is 1. The van der Waals surface area contributed by atoms with Crippen molar-refractivity contribution < 1.29 is 18.0 Å². The van der Waals surface area contributed by atoms with Crippen LogP contribution in [0.5, 0.6) is 0 Å². The summed E-state index contributed by atoms with van der Waals surface area (Å²) in [5.74, 6) is 0.721. The molecule has 2 aromatic heterocycles. The molecule has 30 heavy (non-hydrogen) atoms. The molecule has 0 bridgehead atoms. The lowest BCUT2D eigenvalue weighted by atomic mass is 10.1. The number of carbonyl (C=O) groups is 1. The van der Waals surface area contributed by atoms with E-state index in [-0.39, 0.29) is 11.9 Å². The van der Waals surface area contributed by atoms with Crippen molar-refractivity contribution in [3.05, 3.63) is 45.8 Å². The molecule has 0 aliphatic carbocycles. The van der Waals surface area contributed by atoms with Gasteiger partial charge in [0, 0.05) is 50.3 Å². The number of anilines is 1. The Kier molecular flexibility index (Phi) is 6.02. The number of hydrogen-bond acceptors (Lipinski definition) is 5. The van der Waals surface area contributed by atoms with Gasteiger partial charge in [-0.25, -0.2) is 4.98 Å². The molecule has 1 atom stereocenters. The Hall–Kier alpha value is -2.13. The van der Waals surface area contributed by atoms with Crippen LogP contribution in [0.3, 0.4) is 0 Å². The standard InChI is InChI=1S/C21H25F3N4OS/c1-2-17(20(29)28-7-5-18-15(14-28)6-12-30-18)26-8-10-27(11-9-26)19-4-3-16(13-25-19)21(22,23)24/h3-4,6,12-13,17H,2,5,7-11,14H2,1H3. The van der Waals surface area contributed by atoms with Gasteiger partial charge in [-0.1, -0.05) is 6.92 Å². The predicted molar refractivity (Wildman–Crippen MR) is 111 cm³/mol. The monoisotopic (exact) mass is 438 g/mol. The number of nitrogens with zero attached hydrogens (tertiary/aromatic N) is 4. The van der Waals surface area contributed by atoms with Gasteiger partial charge < -0.3 is 9.80 Å². The van der Waals surface area contributed by atoms with Gasteiger partial charge in [0.25, 0.3) is 0 Å². The summed E-state index contributed by atoms with van der Waals surface area (Å²) in [6.07, 6.45) is -1.83. The molecular formula is C21H25F3N4OS. The SMILES string of the molecule is CCC(C(=O)N1CCc2sccc2C1)N1CCN(c2ccc(C(F)(F)F)cn2)CC1. The molecule has 0 N–H and O–H groups in total. The molecule has 162 valence electrons. The van der Waals surface area contributed by atoms with Crippen molar-refractivity contribution in [2.75, 3.05) is 37.6 Å². The molecule has 4 rings (SSSR count). The second-order valence-electron chi connectivity index (χ2n) is 7.73. The van der Waals surface area contributed by atoms with Crippen LogP contribution in [-0.4, -0.2) is 59.5 Å². The van der Waals surface area contributed by atoms with Crippen LogP contribution in [0.25, 0.3) is 0 Å². The van der Waals surface area contributed by atoms with Gasteiger partial charge in [-0.15, -0.1) is 11.3 Å². The molecule has 0 aromatic carbocycles. The third-order valence-electron chi connectivity index (χ3n) is 5.95.